The van der Waals surface area contributed by atoms with E-state index in [1.54, 1.807) is 0 Å². The number of aryl methyl sites for hydroxylation is 1. The molecule has 0 N–H and O–H groups in total. The third kappa shape index (κ3) is 3.53. The highest BCUT2D eigenvalue weighted by molar-refractivity contribution is 6.23. The molecule has 6 aromatic rings. The lowest BCUT2D eigenvalue weighted by Crippen LogP contribution is -1.85. The summed E-state index contributed by atoms with van der Waals surface area (Å²) in [6.45, 7) is 2.19. The van der Waals surface area contributed by atoms with Crippen LogP contribution in [0.1, 0.15) is 16.7 Å². The van der Waals surface area contributed by atoms with E-state index in [-0.39, 0.29) is 0 Å². The first-order valence-corrected chi connectivity index (χ1v) is 10.5. The van der Waals surface area contributed by atoms with E-state index >= 15 is 0 Å². The molecule has 0 heterocycles. The Kier molecular flexibility index (Phi) is 4.91. The molecule has 0 atom stereocenters. The van der Waals surface area contributed by atoms with E-state index < -0.39 is 0 Å². The van der Waals surface area contributed by atoms with Crippen molar-refractivity contribution in [3.8, 4) is 0 Å². The van der Waals surface area contributed by atoms with Crippen molar-refractivity contribution >= 4 is 32.3 Å². The second-order valence-corrected chi connectivity index (χ2v) is 7.89. The Morgan fingerprint density at radius 3 is 1.53 bits per heavy atom. The highest BCUT2D eigenvalue weighted by Crippen LogP contribution is 2.35. The molecule has 0 saturated heterocycles. The van der Waals surface area contributed by atoms with E-state index in [1.807, 2.05) is 0 Å². The molecule has 6 rings (SSSR count). The van der Waals surface area contributed by atoms with Crippen LogP contribution in [0, 0.1) is 6.92 Å². The SMILES string of the molecule is Cc1ccc2ccc3cccc4ccc1c2c34.c1ccc(Cc2ccccc2)cc1. The summed E-state index contributed by atoms with van der Waals surface area (Å²) in [6.07, 6.45) is 1.03. The Labute approximate surface area is 177 Å². The van der Waals surface area contributed by atoms with Crippen molar-refractivity contribution in [2.75, 3.05) is 0 Å². The highest BCUT2D eigenvalue weighted by atomic mass is 14.1. The molecule has 0 nitrogen and oxygen atoms in total. The average molecular weight is 385 g/mol. The Hall–Kier alpha value is -3.64. The van der Waals surface area contributed by atoms with Crippen LogP contribution >= 0.6 is 0 Å². The zero-order valence-corrected chi connectivity index (χ0v) is 17.2. The molecule has 0 amide bonds. The molecule has 0 aliphatic heterocycles. The van der Waals surface area contributed by atoms with Crippen LogP contribution in [0.5, 0.6) is 0 Å². The van der Waals surface area contributed by atoms with Gasteiger partial charge in [-0.25, -0.2) is 0 Å². The molecule has 0 radical (unpaired) electrons. The van der Waals surface area contributed by atoms with E-state index in [0.29, 0.717) is 0 Å². The maximum atomic E-state index is 2.25. The molecule has 0 aromatic heterocycles. The minimum absolute atomic E-state index is 1.03. The number of hydrogen-bond donors (Lipinski definition) is 0. The van der Waals surface area contributed by atoms with Gasteiger partial charge in [0.2, 0.25) is 0 Å². The van der Waals surface area contributed by atoms with Gasteiger partial charge in [0.15, 0.2) is 0 Å². The molecule has 0 aliphatic carbocycles. The summed E-state index contributed by atoms with van der Waals surface area (Å²) in [4.78, 5) is 0. The molecule has 30 heavy (non-hydrogen) atoms. The standard InChI is InChI=1S/C17H12.C13H12/c1-11-5-6-14-8-7-12-3-2-4-13-9-10-15(11)17(14)16(12)13;1-3-7-12(8-4-1)11-13-9-5-2-6-10-13/h2-10H,1H3;1-10H,11H2. The van der Waals surface area contributed by atoms with Crippen molar-refractivity contribution < 1.29 is 0 Å². The average Bonchev–Trinajstić information content (AvgIpc) is 2.81. The van der Waals surface area contributed by atoms with Crippen LogP contribution in [0.4, 0.5) is 0 Å². The van der Waals surface area contributed by atoms with Crippen LogP contribution in [0.15, 0.2) is 115 Å². The van der Waals surface area contributed by atoms with Gasteiger partial charge >= 0.3 is 0 Å². The molecule has 0 spiro atoms. The van der Waals surface area contributed by atoms with Gasteiger partial charge < -0.3 is 0 Å². The summed E-state index contributed by atoms with van der Waals surface area (Å²) in [7, 11) is 0. The van der Waals surface area contributed by atoms with Crippen molar-refractivity contribution in [3.05, 3.63) is 132 Å². The van der Waals surface area contributed by atoms with Crippen molar-refractivity contribution in [2.45, 2.75) is 13.3 Å². The zero-order chi connectivity index (χ0) is 20.3. The van der Waals surface area contributed by atoms with Crippen LogP contribution in [0.3, 0.4) is 0 Å². The van der Waals surface area contributed by atoms with Gasteiger partial charge in [-0.2, -0.15) is 0 Å². The predicted octanol–water partition coefficient (Wildman–Crippen LogP) is 8.17. The van der Waals surface area contributed by atoms with E-state index in [4.69, 9.17) is 0 Å². The maximum absolute atomic E-state index is 2.25. The first-order chi connectivity index (χ1) is 14.8. The molecule has 0 aliphatic rings. The van der Waals surface area contributed by atoms with Crippen molar-refractivity contribution in [1.29, 1.82) is 0 Å². The smallest absolute Gasteiger partial charge is 0.00241 e. The third-order valence-corrected chi connectivity index (χ3v) is 5.84. The van der Waals surface area contributed by atoms with Gasteiger partial charge in [0, 0.05) is 0 Å². The van der Waals surface area contributed by atoms with Crippen LogP contribution in [-0.4, -0.2) is 0 Å². The first kappa shape index (κ1) is 18.4. The second-order valence-electron chi connectivity index (χ2n) is 7.89. The Morgan fingerprint density at radius 1 is 0.433 bits per heavy atom. The minimum Gasteiger partial charge on any atom is -0.0622 e. The molecule has 0 heteroatoms. The number of hydrogen-bond acceptors (Lipinski definition) is 0. The van der Waals surface area contributed by atoms with Crippen LogP contribution in [0.2, 0.25) is 0 Å². The van der Waals surface area contributed by atoms with Crippen molar-refractivity contribution in [2.24, 2.45) is 0 Å². The summed E-state index contributed by atoms with van der Waals surface area (Å²) in [5.74, 6) is 0. The Morgan fingerprint density at radius 2 is 0.933 bits per heavy atom. The van der Waals surface area contributed by atoms with Gasteiger partial charge in [-0.05, 0) is 62.4 Å². The fraction of sp³-hybridized carbons (Fsp3) is 0.0667. The second kappa shape index (κ2) is 8.00. The lowest BCUT2D eigenvalue weighted by Gasteiger charge is -2.11. The quantitative estimate of drug-likeness (QED) is 0.264. The van der Waals surface area contributed by atoms with Crippen molar-refractivity contribution in [1.82, 2.24) is 0 Å². The molecular weight excluding hydrogens is 360 g/mol. The summed E-state index contributed by atoms with van der Waals surface area (Å²) in [6, 6.07) is 41.0. The topological polar surface area (TPSA) is 0 Å². The van der Waals surface area contributed by atoms with Gasteiger partial charge in [0.1, 0.15) is 0 Å². The highest BCUT2D eigenvalue weighted by Gasteiger charge is 2.08. The summed E-state index contributed by atoms with van der Waals surface area (Å²) >= 11 is 0. The molecular formula is C30H24. The normalized spacial score (nSPS) is 11.0. The van der Waals surface area contributed by atoms with E-state index in [1.165, 1.54) is 49.0 Å². The van der Waals surface area contributed by atoms with Gasteiger partial charge in [-0.1, -0.05) is 115 Å². The monoisotopic (exact) mass is 384 g/mol. The first-order valence-electron chi connectivity index (χ1n) is 10.5. The molecule has 0 bridgehead atoms. The largest absolute Gasteiger partial charge is 0.0622 e. The lowest BCUT2D eigenvalue weighted by atomic mass is 9.92. The van der Waals surface area contributed by atoms with E-state index in [9.17, 15) is 0 Å². The molecule has 0 unspecified atom stereocenters. The minimum atomic E-state index is 1.03. The number of benzene rings is 6. The van der Waals surface area contributed by atoms with Crippen LogP contribution < -0.4 is 0 Å². The summed E-state index contributed by atoms with van der Waals surface area (Å²) in [5, 5.41) is 8.23. The molecule has 144 valence electrons. The van der Waals surface area contributed by atoms with Crippen molar-refractivity contribution in [3.63, 3.8) is 0 Å². The fourth-order valence-corrected chi connectivity index (χ4v) is 4.31. The lowest BCUT2D eigenvalue weighted by molar-refractivity contribution is 1.19. The summed E-state index contributed by atoms with van der Waals surface area (Å²) < 4.78 is 0. The maximum Gasteiger partial charge on any atom is -0.00241 e. The van der Waals surface area contributed by atoms with Crippen LogP contribution in [-0.2, 0) is 6.42 Å². The van der Waals surface area contributed by atoms with Gasteiger partial charge in [-0.15, -0.1) is 0 Å². The van der Waals surface area contributed by atoms with Crippen LogP contribution in [0.25, 0.3) is 32.3 Å². The third-order valence-electron chi connectivity index (χ3n) is 5.84. The molecule has 6 aromatic carbocycles. The summed E-state index contributed by atoms with van der Waals surface area (Å²) in [5.41, 5.74) is 4.10. The van der Waals surface area contributed by atoms with Gasteiger partial charge in [0.05, 0.1) is 0 Å². The zero-order valence-electron chi connectivity index (χ0n) is 17.2. The predicted molar refractivity (Wildman–Crippen MR) is 131 cm³/mol. The van der Waals surface area contributed by atoms with Gasteiger partial charge in [-0.3, -0.25) is 0 Å². The number of rotatable bonds is 2. The Bertz CT molecular complexity index is 1340. The fourth-order valence-electron chi connectivity index (χ4n) is 4.31. The van der Waals surface area contributed by atoms with Gasteiger partial charge in [0.25, 0.3) is 0 Å². The molecule has 0 fully saturated rings. The van der Waals surface area contributed by atoms with E-state index in [2.05, 4.69) is 122 Å². The Balaban J connectivity index is 0.000000134. The van der Waals surface area contributed by atoms with E-state index in [0.717, 1.165) is 6.42 Å². The molecule has 0 saturated carbocycles.